The minimum Gasteiger partial charge on any atom is -0.399 e. The molecule has 0 saturated heterocycles. The molecule has 1 aromatic heterocycles. The lowest BCUT2D eigenvalue weighted by atomic mass is 10.2. The van der Waals surface area contributed by atoms with Crippen LogP contribution in [-0.4, -0.2) is 10.2 Å². The maximum atomic E-state index is 5.58. The summed E-state index contributed by atoms with van der Waals surface area (Å²) in [4.78, 5) is 0. The third kappa shape index (κ3) is 2.20. The Labute approximate surface area is 85.8 Å². The molecule has 72 valence electrons. The van der Waals surface area contributed by atoms with E-state index in [4.69, 9.17) is 5.73 Å². The van der Waals surface area contributed by atoms with Gasteiger partial charge in [0.1, 0.15) is 5.51 Å². The summed E-state index contributed by atoms with van der Waals surface area (Å²) in [5, 5.41) is 11.6. The predicted octanol–water partition coefficient (Wildman–Crippen LogP) is 1.73. The van der Waals surface area contributed by atoms with Gasteiger partial charge in [0.15, 0.2) is 0 Å². The monoisotopic (exact) mass is 206 g/mol. The number of nitrogens with zero attached hydrogens (tertiary/aromatic N) is 2. The lowest BCUT2D eigenvalue weighted by Crippen LogP contribution is -1.99. The number of anilines is 2. The summed E-state index contributed by atoms with van der Waals surface area (Å²) in [6.45, 7) is 0.746. The van der Waals surface area contributed by atoms with Crippen molar-refractivity contribution in [1.29, 1.82) is 0 Å². The minimum atomic E-state index is 0.746. The quantitative estimate of drug-likeness (QED) is 0.751. The van der Waals surface area contributed by atoms with Gasteiger partial charge in [0.05, 0.1) is 0 Å². The predicted molar refractivity (Wildman–Crippen MR) is 58.1 cm³/mol. The van der Waals surface area contributed by atoms with E-state index < -0.39 is 0 Å². The molecule has 0 aliphatic carbocycles. The van der Waals surface area contributed by atoms with E-state index in [1.165, 1.54) is 16.9 Å². The smallest absolute Gasteiger partial charge is 0.205 e. The lowest BCUT2D eigenvalue weighted by Gasteiger charge is -2.02. The van der Waals surface area contributed by atoms with Crippen molar-refractivity contribution in [3.05, 3.63) is 35.3 Å². The minimum absolute atomic E-state index is 0.746. The van der Waals surface area contributed by atoms with Crippen molar-refractivity contribution >= 4 is 22.2 Å². The van der Waals surface area contributed by atoms with Crippen LogP contribution in [0.3, 0.4) is 0 Å². The molecule has 0 amide bonds. The average Bonchev–Trinajstić information content (AvgIpc) is 2.70. The van der Waals surface area contributed by atoms with Crippen LogP contribution in [0.15, 0.2) is 29.8 Å². The standard InChI is InChI=1S/C9H10N4S/c10-8-3-1-7(2-4-8)5-11-9-13-12-6-14-9/h1-4,6H,5,10H2,(H,11,13). The van der Waals surface area contributed by atoms with Gasteiger partial charge in [-0.3, -0.25) is 0 Å². The van der Waals surface area contributed by atoms with Crippen LogP contribution < -0.4 is 11.1 Å². The number of nitrogens with one attached hydrogen (secondary N) is 1. The molecule has 0 atom stereocenters. The number of hydrogen-bond donors (Lipinski definition) is 2. The first-order valence-corrected chi connectivity index (χ1v) is 5.07. The Morgan fingerprint density at radius 3 is 2.71 bits per heavy atom. The Morgan fingerprint density at radius 1 is 1.29 bits per heavy atom. The van der Waals surface area contributed by atoms with Gasteiger partial charge in [-0.05, 0) is 17.7 Å². The Morgan fingerprint density at radius 2 is 2.07 bits per heavy atom. The lowest BCUT2D eigenvalue weighted by molar-refractivity contribution is 1.05. The van der Waals surface area contributed by atoms with Crippen molar-refractivity contribution in [3.8, 4) is 0 Å². The van der Waals surface area contributed by atoms with Crippen molar-refractivity contribution in [2.75, 3.05) is 11.1 Å². The van der Waals surface area contributed by atoms with E-state index in [-0.39, 0.29) is 0 Å². The summed E-state index contributed by atoms with van der Waals surface area (Å²) >= 11 is 1.49. The fourth-order valence-corrected chi connectivity index (χ4v) is 1.51. The van der Waals surface area contributed by atoms with Gasteiger partial charge in [-0.15, -0.1) is 10.2 Å². The highest BCUT2D eigenvalue weighted by molar-refractivity contribution is 7.13. The zero-order chi connectivity index (χ0) is 9.80. The zero-order valence-corrected chi connectivity index (χ0v) is 8.29. The topological polar surface area (TPSA) is 63.8 Å². The molecule has 5 heteroatoms. The van der Waals surface area contributed by atoms with Gasteiger partial charge in [0.2, 0.25) is 5.13 Å². The molecular weight excluding hydrogens is 196 g/mol. The number of aromatic nitrogens is 2. The number of nitrogens with two attached hydrogens (primary N) is 1. The fraction of sp³-hybridized carbons (Fsp3) is 0.111. The van der Waals surface area contributed by atoms with E-state index in [1.54, 1.807) is 5.51 Å². The van der Waals surface area contributed by atoms with Gasteiger partial charge in [-0.2, -0.15) is 0 Å². The van der Waals surface area contributed by atoms with Crippen molar-refractivity contribution in [2.24, 2.45) is 0 Å². The number of benzene rings is 1. The molecule has 0 spiro atoms. The van der Waals surface area contributed by atoms with Gasteiger partial charge in [-0.1, -0.05) is 23.5 Å². The molecular formula is C9H10N4S. The Balaban J connectivity index is 1.95. The van der Waals surface area contributed by atoms with Crippen LogP contribution in [0.5, 0.6) is 0 Å². The summed E-state index contributed by atoms with van der Waals surface area (Å²) in [6, 6.07) is 7.75. The molecule has 0 radical (unpaired) electrons. The van der Waals surface area contributed by atoms with Crippen LogP contribution in [0, 0.1) is 0 Å². The van der Waals surface area contributed by atoms with Crippen LogP contribution in [0.4, 0.5) is 10.8 Å². The summed E-state index contributed by atoms with van der Waals surface area (Å²) in [6.07, 6.45) is 0. The van der Waals surface area contributed by atoms with Crippen molar-refractivity contribution in [3.63, 3.8) is 0 Å². The van der Waals surface area contributed by atoms with E-state index in [1.807, 2.05) is 24.3 Å². The summed E-state index contributed by atoms with van der Waals surface area (Å²) in [5.41, 5.74) is 9.23. The first-order valence-electron chi connectivity index (χ1n) is 4.19. The number of hydrogen-bond acceptors (Lipinski definition) is 5. The first-order chi connectivity index (χ1) is 6.84. The SMILES string of the molecule is Nc1ccc(CNc2nncs2)cc1. The van der Waals surface area contributed by atoms with Crippen LogP contribution in [0.2, 0.25) is 0 Å². The Bertz CT molecular complexity index is 382. The van der Waals surface area contributed by atoms with Crippen LogP contribution in [0.25, 0.3) is 0 Å². The molecule has 2 aromatic rings. The third-order valence-electron chi connectivity index (χ3n) is 1.78. The second kappa shape index (κ2) is 4.06. The van der Waals surface area contributed by atoms with E-state index in [0.29, 0.717) is 0 Å². The maximum absolute atomic E-state index is 5.58. The van der Waals surface area contributed by atoms with E-state index in [2.05, 4.69) is 15.5 Å². The van der Waals surface area contributed by atoms with Crippen molar-refractivity contribution in [1.82, 2.24) is 10.2 Å². The van der Waals surface area contributed by atoms with Crippen LogP contribution in [0.1, 0.15) is 5.56 Å². The second-order valence-electron chi connectivity index (χ2n) is 2.84. The second-order valence-corrected chi connectivity index (χ2v) is 3.67. The first kappa shape index (κ1) is 8.96. The largest absolute Gasteiger partial charge is 0.399 e. The molecule has 4 nitrogen and oxygen atoms in total. The number of nitrogen functional groups attached to an aromatic ring is 1. The third-order valence-corrected chi connectivity index (χ3v) is 2.43. The van der Waals surface area contributed by atoms with Gasteiger partial charge in [0.25, 0.3) is 0 Å². The molecule has 0 saturated carbocycles. The molecule has 2 rings (SSSR count). The molecule has 1 aromatic carbocycles. The highest BCUT2D eigenvalue weighted by Crippen LogP contribution is 2.11. The van der Waals surface area contributed by atoms with Crippen LogP contribution in [-0.2, 0) is 6.54 Å². The van der Waals surface area contributed by atoms with Gasteiger partial charge in [-0.25, -0.2) is 0 Å². The van der Waals surface area contributed by atoms with E-state index in [9.17, 15) is 0 Å². The molecule has 0 aliphatic heterocycles. The highest BCUT2D eigenvalue weighted by atomic mass is 32.1. The summed E-state index contributed by atoms with van der Waals surface area (Å²) in [7, 11) is 0. The summed E-state index contributed by atoms with van der Waals surface area (Å²) < 4.78 is 0. The van der Waals surface area contributed by atoms with Gasteiger partial charge >= 0.3 is 0 Å². The van der Waals surface area contributed by atoms with Crippen molar-refractivity contribution in [2.45, 2.75) is 6.54 Å². The molecule has 0 fully saturated rings. The van der Waals surface area contributed by atoms with Crippen LogP contribution >= 0.6 is 11.3 Å². The van der Waals surface area contributed by atoms with Gasteiger partial charge < -0.3 is 11.1 Å². The molecule has 0 unspecified atom stereocenters. The molecule has 0 aliphatic rings. The highest BCUT2D eigenvalue weighted by Gasteiger charge is 1.95. The Hall–Kier alpha value is -1.62. The molecule has 1 heterocycles. The molecule has 14 heavy (non-hydrogen) atoms. The Kier molecular flexibility index (Phi) is 2.60. The molecule has 3 N–H and O–H groups in total. The van der Waals surface area contributed by atoms with Crippen molar-refractivity contribution < 1.29 is 0 Å². The van der Waals surface area contributed by atoms with E-state index >= 15 is 0 Å². The average molecular weight is 206 g/mol. The normalized spacial score (nSPS) is 10.0. The van der Waals surface area contributed by atoms with Gasteiger partial charge in [0, 0.05) is 12.2 Å². The maximum Gasteiger partial charge on any atom is 0.205 e. The zero-order valence-electron chi connectivity index (χ0n) is 7.47. The molecule has 0 bridgehead atoms. The fourth-order valence-electron chi connectivity index (χ4n) is 1.06. The van der Waals surface area contributed by atoms with E-state index in [0.717, 1.165) is 17.4 Å². The summed E-state index contributed by atoms with van der Waals surface area (Å²) in [5.74, 6) is 0. The number of rotatable bonds is 3.